The maximum absolute atomic E-state index is 12.2. The van der Waals surface area contributed by atoms with Gasteiger partial charge in [0.25, 0.3) is 0 Å². The molecule has 0 saturated heterocycles. The highest BCUT2D eigenvalue weighted by atomic mass is 16.1. The summed E-state index contributed by atoms with van der Waals surface area (Å²) in [6.45, 7) is 8.00. The Labute approximate surface area is 190 Å². The van der Waals surface area contributed by atoms with Gasteiger partial charge in [-0.25, -0.2) is 0 Å². The Bertz CT molecular complexity index is 1150. The Morgan fingerprint density at radius 3 is 1.16 bits per heavy atom. The molecule has 0 aliphatic carbocycles. The summed E-state index contributed by atoms with van der Waals surface area (Å²) in [5, 5.41) is 0. The summed E-state index contributed by atoms with van der Waals surface area (Å²) in [6.07, 6.45) is 0. The van der Waals surface area contributed by atoms with E-state index in [4.69, 9.17) is 0 Å². The van der Waals surface area contributed by atoms with E-state index in [1.54, 1.807) is 0 Å². The third-order valence-electron chi connectivity index (χ3n) is 5.33. The number of hydrogen-bond acceptors (Lipinski definition) is 2. The Kier molecular flexibility index (Phi) is 7.51. The van der Waals surface area contributed by atoms with Gasteiger partial charge in [0.15, 0.2) is 11.6 Å². The molecule has 4 aromatic rings. The Balaban J connectivity index is 0.000000181. The second kappa shape index (κ2) is 10.5. The van der Waals surface area contributed by atoms with Gasteiger partial charge >= 0.3 is 0 Å². The zero-order valence-electron chi connectivity index (χ0n) is 19.1. The van der Waals surface area contributed by atoms with E-state index in [1.807, 2.05) is 125 Å². The summed E-state index contributed by atoms with van der Waals surface area (Å²) in [5.74, 6) is 0.179. The highest BCUT2D eigenvalue weighted by molar-refractivity contribution is 6.10. The molecule has 0 amide bonds. The van der Waals surface area contributed by atoms with Crippen molar-refractivity contribution in [1.29, 1.82) is 0 Å². The minimum absolute atomic E-state index is 0.0833. The van der Waals surface area contributed by atoms with Crippen molar-refractivity contribution in [1.82, 2.24) is 0 Å². The first kappa shape index (κ1) is 22.9. The SMILES string of the molecule is Cc1ccc(C(=O)c2ccc(C)cc2)cc1.Cc1ccc(C(=O)c2ccccc2C)cc1. The lowest BCUT2D eigenvalue weighted by molar-refractivity contribution is 0.103. The van der Waals surface area contributed by atoms with Gasteiger partial charge in [-0.3, -0.25) is 9.59 Å². The van der Waals surface area contributed by atoms with Crippen LogP contribution in [0.2, 0.25) is 0 Å². The molecule has 32 heavy (non-hydrogen) atoms. The Hall–Kier alpha value is -3.78. The second-order valence-electron chi connectivity index (χ2n) is 8.07. The Morgan fingerprint density at radius 1 is 0.438 bits per heavy atom. The van der Waals surface area contributed by atoms with Crippen LogP contribution in [0.15, 0.2) is 97.1 Å². The van der Waals surface area contributed by atoms with E-state index in [2.05, 4.69) is 0 Å². The number of hydrogen-bond donors (Lipinski definition) is 0. The molecule has 0 spiro atoms. The van der Waals surface area contributed by atoms with Gasteiger partial charge in [0, 0.05) is 22.3 Å². The van der Waals surface area contributed by atoms with Crippen LogP contribution in [0.3, 0.4) is 0 Å². The van der Waals surface area contributed by atoms with Crippen molar-refractivity contribution in [2.24, 2.45) is 0 Å². The lowest BCUT2D eigenvalue weighted by Crippen LogP contribution is -2.03. The summed E-state index contributed by atoms with van der Waals surface area (Å²) >= 11 is 0. The van der Waals surface area contributed by atoms with Gasteiger partial charge in [-0.05, 0) is 33.3 Å². The number of ketones is 2. The van der Waals surface area contributed by atoms with E-state index in [9.17, 15) is 9.59 Å². The summed E-state index contributed by atoms with van der Waals surface area (Å²) in [5.41, 5.74) is 7.55. The van der Waals surface area contributed by atoms with E-state index in [0.717, 1.165) is 27.8 Å². The van der Waals surface area contributed by atoms with Crippen LogP contribution in [0.5, 0.6) is 0 Å². The molecule has 0 aliphatic heterocycles. The largest absolute Gasteiger partial charge is 0.289 e. The molecule has 0 bridgehead atoms. The quantitative estimate of drug-likeness (QED) is 0.331. The number of aryl methyl sites for hydroxylation is 4. The van der Waals surface area contributed by atoms with Gasteiger partial charge in [-0.15, -0.1) is 0 Å². The molecule has 0 heterocycles. The molecule has 0 aromatic heterocycles. The first-order valence-corrected chi connectivity index (χ1v) is 10.7. The third kappa shape index (κ3) is 5.89. The van der Waals surface area contributed by atoms with Crippen molar-refractivity contribution < 1.29 is 9.59 Å². The van der Waals surface area contributed by atoms with E-state index in [-0.39, 0.29) is 11.6 Å². The molecule has 4 rings (SSSR count). The predicted molar refractivity (Wildman–Crippen MR) is 132 cm³/mol. The van der Waals surface area contributed by atoms with Crippen LogP contribution in [0, 0.1) is 27.7 Å². The van der Waals surface area contributed by atoms with Gasteiger partial charge in [-0.2, -0.15) is 0 Å². The van der Waals surface area contributed by atoms with Gasteiger partial charge in [0.05, 0.1) is 0 Å². The molecule has 0 radical (unpaired) electrons. The molecule has 0 atom stereocenters. The molecular formula is C30H28O2. The fourth-order valence-corrected chi connectivity index (χ4v) is 3.26. The fourth-order valence-electron chi connectivity index (χ4n) is 3.26. The average Bonchev–Trinajstić information content (AvgIpc) is 2.80. The number of rotatable bonds is 4. The van der Waals surface area contributed by atoms with Crippen LogP contribution in [-0.2, 0) is 0 Å². The van der Waals surface area contributed by atoms with Gasteiger partial charge < -0.3 is 0 Å². The minimum atomic E-state index is 0.0833. The zero-order valence-corrected chi connectivity index (χ0v) is 19.1. The average molecular weight is 421 g/mol. The van der Waals surface area contributed by atoms with Crippen molar-refractivity contribution in [3.05, 3.63) is 142 Å². The molecule has 0 saturated carbocycles. The monoisotopic (exact) mass is 420 g/mol. The van der Waals surface area contributed by atoms with E-state index >= 15 is 0 Å². The molecule has 0 N–H and O–H groups in total. The van der Waals surface area contributed by atoms with Crippen molar-refractivity contribution in [3.8, 4) is 0 Å². The van der Waals surface area contributed by atoms with Gasteiger partial charge in [-0.1, -0.05) is 114 Å². The summed E-state index contributed by atoms with van der Waals surface area (Å²) in [4.78, 5) is 24.2. The van der Waals surface area contributed by atoms with Crippen molar-refractivity contribution >= 4 is 11.6 Å². The topological polar surface area (TPSA) is 34.1 Å². The fraction of sp³-hybridized carbons (Fsp3) is 0.133. The first-order valence-electron chi connectivity index (χ1n) is 10.7. The molecule has 0 unspecified atom stereocenters. The second-order valence-corrected chi connectivity index (χ2v) is 8.07. The molecule has 2 nitrogen and oxygen atoms in total. The maximum Gasteiger partial charge on any atom is 0.193 e. The summed E-state index contributed by atoms with van der Waals surface area (Å²) in [7, 11) is 0. The van der Waals surface area contributed by atoms with Crippen molar-refractivity contribution in [3.63, 3.8) is 0 Å². The molecule has 0 fully saturated rings. The lowest BCUT2D eigenvalue weighted by Gasteiger charge is -2.04. The standard InChI is InChI=1S/2C15H14O/c1-11-3-7-13(8-4-11)15(16)14-9-5-12(2)6-10-14;1-11-7-9-13(10-8-11)15(16)14-6-4-3-5-12(14)2/h2*3-10H,1-2H3. The van der Waals surface area contributed by atoms with E-state index < -0.39 is 0 Å². The molecular weight excluding hydrogens is 392 g/mol. The van der Waals surface area contributed by atoms with Crippen LogP contribution >= 0.6 is 0 Å². The normalized spacial score (nSPS) is 10.1. The van der Waals surface area contributed by atoms with Crippen LogP contribution in [0.1, 0.15) is 54.1 Å². The van der Waals surface area contributed by atoms with Crippen LogP contribution in [-0.4, -0.2) is 11.6 Å². The summed E-state index contributed by atoms with van der Waals surface area (Å²) in [6, 6.07) is 30.7. The highest BCUT2D eigenvalue weighted by Gasteiger charge is 2.10. The highest BCUT2D eigenvalue weighted by Crippen LogP contribution is 2.14. The van der Waals surface area contributed by atoms with E-state index in [0.29, 0.717) is 0 Å². The molecule has 4 aromatic carbocycles. The maximum atomic E-state index is 12.2. The minimum Gasteiger partial charge on any atom is -0.289 e. The Morgan fingerprint density at radius 2 is 0.781 bits per heavy atom. The summed E-state index contributed by atoms with van der Waals surface area (Å²) < 4.78 is 0. The van der Waals surface area contributed by atoms with Crippen molar-refractivity contribution in [2.45, 2.75) is 27.7 Å². The predicted octanol–water partition coefficient (Wildman–Crippen LogP) is 7.07. The van der Waals surface area contributed by atoms with Crippen LogP contribution < -0.4 is 0 Å². The molecule has 2 heteroatoms. The van der Waals surface area contributed by atoms with Gasteiger partial charge in [0.1, 0.15) is 0 Å². The molecule has 160 valence electrons. The lowest BCUT2D eigenvalue weighted by atomic mass is 9.99. The van der Waals surface area contributed by atoms with Crippen LogP contribution in [0.4, 0.5) is 0 Å². The zero-order chi connectivity index (χ0) is 23.1. The van der Waals surface area contributed by atoms with Gasteiger partial charge in [0.2, 0.25) is 0 Å². The molecule has 0 aliphatic rings. The van der Waals surface area contributed by atoms with Crippen LogP contribution in [0.25, 0.3) is 0 Å². The number of carbonyl (C=O) groups excluding carboxylic acids is 2. The number of benzene rings is 4. The first-order chi connectivity index (χ1) is 15.3. The smallest absolute Gasteiger partial charge is 0.193 e. The van der Waals surface area contributed by atoms with Crippen molar-refractivity contribution in [2.75, 3.05) is 0 Å². The number of carbonyl (C=O) groups is 2. The third-order valence-corrected chi connectivity index (χ3v) is 5.33. The van der Waals surface area contributed by atoms with E-state index in [1.165, 1.54) is 16.7 Å².